The van der Waals surface area contributed by atoms with E-state index in [0.717, 1.165) is 25.7 Å². The Labute approximate surface area is 86.1 Å². The van der Waals surface area contributed by atoms with E-state index in [1.807, 2.05) is 6.92 Å². The zero-order valence-electron chi connectivity index (χ0n) is 8.83. The van der Waals surface area contributed by atoms with E-state index in [4.69, 9.17) is 0 Å². The topological polar surface area (TPSA) is 29.1 Å². The van der Waals surface area contributed by atoms with Gasteiger partial charge in [-0.15, -0.1) is 0 Å². The molecule has 1 rings (SSSR count). The average molecular weight is 193 g/mol. The molecule has 0 radical (unpaired) electrons. The molecule has 1 aliphatic rings. The van der Waals surface area contributed by atoms with E-state index >= 15 is 0 Å². The van der Waals surface area contributed by atoms with Crippen LogP contribution >= 0.6 is 0 Å². The van der Waals surface area contributed by atoms with Crippen LogP contribution in [0.1, 0.15) is 39.0 Å². The predicted molar refractivity (Wildman–Crippen MR) is 59.0 cm³/mol. The number of allylic oxidation sites excluding steroid dienone is 4. The van der Waals surface area contributed by atoms with Crippen LogP contribution in [0.15, 0.2) is 23.8 Å². The normalized spacial score (nSPS) is 17.4. The SMILES string of the molecule is CC(CCCC1=CCCC=C1)NC=O. The molecule has 0 fully saturated rings. The van der Waals surface area contributed by atoms with Crippen LogP contribution in [0.2, 0.25) is 0 Å². The Morgan fingerprint density at radius 2 is 2.43 bits per heavy atom. The minimum Gasteiger partial charge on any atom is -0.356 e. The molecule has 2 heteroatoms. The van der Waals surface area contributed by atoms with Crippen molar-refractivity contribution in [1.82, 2.24) is 5.32 Å². The Balaban J connectivity index is 2.11. The lowest BCUT2D eigenvalue weighted by Crippen LogP contribution is -2.23. The van der Waals surface area contributed by atoms with Crippen LogP contribution in [0.4, 0.5) is 0 Å². The van der Waals surface area contributed by atoms with Crippen molar-refractivity contribution < 1.29 is 4.79 Å². The van der Waals surface area contributed by atoms with Crippen molar-refractivity contribution >= 4 is 6.41 Å². The molecule has 1 atom stereocenters. The Morgan fingerprint density at radius 1 is 1.57 bits per heavy atom. The van der Waals surface area contributed by atoms with Gasteiger partial charge in [-0.05, 0) is 39.0 Å². The second kappa shape index (κ2) is 6.41. The third-order valence-corrected chi connectivity index (χ3v) is 2.53. The van der Waals surface area contributed by atoms with E-state index in [2.05, 4.69) is 23.5 Å². The molecule has 0 aromatic rings. The van der Waals surface area contributed by atoms with Crippen molar-refractivity contribution in [3.05, 3.63) is 23.8 Å². The molecule has 0 saturated carbocycles. The first kappa shape index (κ1) is 11.0. The van der Waals surface area contributed by atoms with Crippen molar-refractivity contribution in [2.75, 3.05) is 0 Å². The highest BCUT2D eigenvalue weighted by Crippen LogP contribution is 2.16. The van der Waals surface area contributed by atoms with Crippen LogP contribution in [0.5, 0.6) is 0 Å². The molecule has 78 valence electrons. The summed E-state index contributed by atoms with van der Waals surface area (Å²) in [5.74, 6) is 0. The largest absolute Gasteiger partial charge is 0.356 e. The molecular formula is C12H19NO. The smallest absolute Gasteiger partial charge is 0.207 e. The van der Waals surface area contributed by atoms with E-state index in [9.17, 15) is 4.79 Å². The number of rotatable bonds is 6. The van der Waals surface area contributed by atoms with Gasteiger partial charge in [0, 0.05) is 6.04 Å². The first-order valence-corrected chi connectivity index (χ1v) is 5.38. The third-order valence-electron chi connectivity index (χ3n) is 2.53. The maximum absolute atomic E-state index is 10.1. The van der Waals surface area contributed by atoms with E-state index < -0.39 is 0 Å². The van der Waals surface area contributed by atoms with Gasteiger partial charge in [-0.2, -0.15) is 0 Å². The molecule has 14 heavy (non-hydrogen) atoms. The van der Waals surface area contributed by atoms with Crippen LogP contribution < -0.4 is 5.32 Å². The summed E-state index contributed by atoms with van der Waals surface area (Å²) in [6.07, 6.45) is 13.3. The number of carbonyl (C=O) groups excluding carboxylic acids is 1. The summed E-state index contributed by atoms with van der Waals surface area (Å²) < 4.78 is 0. The van der Waals surface area contributed by atoms with Crippen LogP contribution in [0.3, 0.4) is 0 Å². The van der Waals surface area contributed by atoms with Gasteiger partial charge in [0.15, 0.2) is 0 Å². The zero-order valence-corrected chi connectivity index (χ0v) is 8.83. The van der Waals surface area contributed by atoms with Crippen molar-refractivity contribution in [2.45, 2.75) is 45.1 Å². The number of hydrogen-bond acceptors (Lipinski definition) is 1. The van der Waals surface area contributed by atoms with Crippen LogP contribution in [0, 0.1) is 0 Å². The molecular weight excluding hydrogens is 174 g/mol. The minimum absolute atomic E-state index is 0.306. The quantitative estimate of drug-likeness (QED) is 0.645. The lowest BCUT2D eigenvalue weighted by Gasteiger charge is -2.10. The van der Waals surface area contributed by atoms with Gasteiger partial charge in [0.2, 0.25) is 6.41 Å². The molecule has 0 aromatic carbocycles. The Kier molecular flexibility index (Phi) is 5.05. The summed E-state index contributed by atoms with van der Waals surface area (Å²) in [5, 5.41) is 2.77. The van der Waals surface area contributed by atoms with Crippen molar-refractivity contribution in [1.29, 1.82) is 0 Å². The summed E-state index contributed by atoms with van der Waals surface area (Å²) >= 11 is 0. The maximum atomic E-state index is 10.1. The first-order valence-electron chi connectivity index (χ1n) is 5.38. The van der Waals surface area contributed by atoms with Crippen molar-refractivity contribution in [3.8, 4) is 0 Å². The van der Waals surface area contributed by atoms with E-state index in [0.29, 0.717) is 6.04 Å². The monoisotopic (exact) mass is 193 g/mol. The van der Waals surface area contributed by atoms with Crippen molar-refractivity contribution in [3.63, 3.8) is 0 Å². The van der Waals surface area contributed by atoms with Gasteiger partial charge in [-0.3, -0.25) is 4.79 Å². The molecule has 0 bridgehead atoms. The summed E-state index contributed by atoms with van der Waals surface area (Å²) in [6, 6.07) is 0.306. The molecule has 0 heterocycles. The van der Waals surface area contributed by atoms with E-state index in [1.54, 1.807) is 0 Å². The molecule has 0 aliphatic heterocycles. The molecule has 1 N–H and O–H groups in total. The fraction of sp³-hybridized carbons (Fsp3) is 0.583. The van der Waals surface area contributed by atoms with E-state index in [-0.39, 0.29) is 0 Å². The van der Waals surface area contributed by atoms with Gasteiger partial charge in [-0.1, -0.05) is 23.8 Å². The first-order chi connectivity index (χ1) is 6.83. The minimum atomic E-state index is 0.306. The van der Waals surface area contributed by atoms with Crippen LogP contribution in [-0.4, -0.2) is 12.5 Å². The molecule has 0 saturated heterocycles. The highest BCUT2D eigenvalue weighted by molar-refractivity contribution is 5.46. The lowest BCUT2D eigenvalue weighted by atomic mass is 10.0. The van der Waals surface area contributed by atoms with Crippen LogP contribution in [0.25, 0.3) is 0 Å². The van der Waals surface area contributed by atoms with Crippen LogP contribution in [-0.2, 0) is 4.79 Å². The van der Waals surface area contributed by atoms with Gasteiger partial charge >= 0.3 is 0 Å². The fourth-order valence-corrected chi connectivity index (χ4v) is 1.66. The standard InChI is InChI=1S/C12H19NO/c1-11(13-10-14)6-5-9-12-7-3-2-4-8-12/h3,7-8,10-11H,2,4-6,9H2,1H3,(H,13,14). The summed E-state index contributed by atoms with van der Waals surface area (Å²) in [5.41, 5.74) is 1.45. The summed E-state index contributed by atoms with van der Waals surface area (Å²) in [7, 11) is 0. The molecule has 0 spiro atoms. The van der Waals surface area contributed by atoms with Gasteiger partial charge in [0.05, 0.1) is 0 Å². The van der Waals surface area contributed by atoms with Crippen molar-refractivity contribution in [2.24, 2.45) is 0 Å². The average Bonchev–Trinajstić information content (AvgIpc) is 2.20. The second-order valence-electron chi connectivity index (χ2n) is 3.84. The molecule has 0 aromatic heterocycles. The highest BCUT2D eigenvalue weighted by atomic mass is 16.1. The van der Waals surface area contributed by atoms with E-state index in [1.165, 1.54) is 18.4 Å². The number of hydrogen-bond donors (Lipinski definition) is 1. The fourth-order valence-electron chi connectivity index (χ4n) is 1.66. The molecule has 1 aliphatic carbocycles. The molecule has 2 nitrogen and oxygen atoms in total. The van der Waals surface area contributed by atoms with Gasteiger partial charge < -0.3 is 5.32 Å². The molecule has 1 unspecified atom stereocenters. The maximum Gasteiger partial charge on any atom is 0.207 e. The Bertz CT molecular complexity index is 230. The predicted octanol–water partition coefficient (Wildman–Crippen LogP) is 2.57. The number of amides is 1. The van der Waals surface area contributed by atoms with Gasteiger partial charge in [-0.25, -0.2) is 0 Å². The molecule has 1 amide bonds. The highest BCUT2D eigenvalue weighted by Gasteiger charge is 2.01. The zero-order chi connectivity index (χ0) is 10.2. The lowest BCUT2D eigenvalue weighted by molar-refractivity contribution is -0.110. The summed E-state index contributed by atoms with van der Waals surface area (Å²) in [4.78, 5) is 10.1. The second-order valence-corrected chi connectivity index (χ2v) is 3.84. The Hall–Kier alpha value is -1.05. The number of nitrogens with one attached hydrogen (secondary N) is 1. The van der Waals surface area contributed by atoms with Gasteiger partial charge in [0.1, 0.15) is 0 Å². The Morgan fingerprint density at radius 3 is 3.07 bits per heavy atom. The van der Waals surface area contributed by atoms with Gasteiger partial charge in [0.25, 0.3) is 0 Å². The third kappa shape index (κ3) is 4.26. The number of carbonyl (C=O) groups is 1. The summed E-state index contributed by atoms with van der Waals surface area (Å²) in [6.45, 7) is 2.04.